The van der Waals surface area contributed by atoms with Gasteiger partial charge in [0.25, 0.3) is 5.69 Å². The summed E-state index contributed by atoms with van der Waals surface area (Å²) in [4.78, 5) is 12.9. The highest BCUT2D eigenvalue weighted by atomic mass is 19.1. The van der Waals surface area contributed by atoms with Gasteiger partial charge in [0, 0.05) is 30.8 Å². The third-order valence-electron chi connectivity index (χ3n) is 4.03. The number of nitrogens with one attached hydrogen (secondary N) is 1. The first-order valence-electron chi connectivity index (χ1n) is 7.35. The Bertz CT molecular complexity index is 508. The topological polar surface area (TPSA) is 58.4 Å². The van der Waals surface area contributed by atoms with Crippen LogP contribution in [0, 0.1) is 21.8 Å². The summed E-state index contributed by atoms with van der Waals surface area (Å²) < 4.78 is 13.2. The van der Waals surface area contributed by atoms with E-state index in [9.17, 15) is 14.5 Å². The Labute approximate surface area is 124 Å². The summed E-state index contributed by atoms with van der Waals surface area (Å²) in [5.41, 5.74) is 0.373. The van der Waals surface area contributed by atoms with Crippen LogP contribution < -0.4 is 5.32 Å². The van der Waals surface area contributed by atoms with Gasteiger partial charge in [0.15, 0.2) is 0 Å². The summed E-state index contributed by atoms with van der Waals surface area (Å²) in [7, 11) is 0. The molecule has 1 atom stereocenters. The predicted octanol–water partition coefficient (Wildman–Crippen LogP) is 2.55. The highest BCUT2D eigenvalue weighted by Crippen LogP contribution is 2.20. The van der Waals surface area contributed by atoms with Gasteiger partial charge < -0.3 is 10.2 Å². The van der Waals surface area contributed by atoms with E-state index in [1.54, 1.807) is 0 Å². The Morgan fingerprint density at radius 2 is 2.29 bits per heavy atom. The van der Waals surface area contributed by atoms with Crippen LogP contribution >= 0.6 is 0 Å². The van der Waals surface area contributed by atoms with Crippen LogP contribution in [0.15, 0.2) is 18.2 Å². The van der Waals surface area contributed by atoms with Crippen molar-refractivity contribution < 1.29 is 9.31 Å². The van der Waals surface area contributed by atoms with E-state index in [2.05, 4.69) is 24.1 Å². The molecule has 1 saturated heterocycles. The van der Waals surface area contributed by atoms with Crippen LogP contribution in [0.25, 0.3) is 0 Å². The Morgan fingerprint density at radius 3 is 2.90 bits per heavy atom. The maximum atomic E-state index is 13.2. The molecular formula is C15H22FN3O2. The SMILES string of the molecule is CC(C)N1CCC(CNCc2cc(F)ccc2[N+](=O)[O-])C1. The molecule has 1 aromatic carbocycles. The Hall–Kier alpha value is -1.53. The zero-order chi connectivity index (χ0) is 15.4. The van der Waals surface area contributed by atoms with Gasteiger partial charge in [-0.05, 0) is 51.4 Å². The minimum Gasteiger partial charge on any atom is -0.312 e. The van der Waals surface area contributed by atoms with Crippen molar-refractivity contribution >= 4 is 5.69 Å². The Balaban J connectivity index is 1.87. The average molecular weight is 295 g/mol. The molecule has 1 N–H and O–H groups in total. The standard InChI is InChI=1S/C15H22FN3O2/c1-11(2)18-6-5-12(10-18)8-17-9-13-7-14(16)3-4-15(13)19(20)21/h3-4,7,11-12,17H,5-6,8-10H2,1-2H3. The van der Waals surface area contributed by atoms with Gasteiger partial charge in [0.2, 0.25) is 0 Å². The largest absolute Gasteiger partial charge is 0.312 e. The second-order valence-corrected chi connectivity index (χ2v) is 5.90. The van der Waals surface area contributed by atoms with E-state index >= 15 is 0 Å². The molecule has 1 fully saturated rings. The smallest absolute Gasteiger partial charge is 0.274 e. The number of hydrogen-bond donors (Lipinski definition) is 1. The van der Waals surface area contributed by atoms with Crippen molar-refractivity contribution in [2.75, 3.05) is 19.6 Å². The molecule has 2 rings (SSSR count). The molecule has 0 radical (unpaired) electrons. The molecule has 0 amide bonds. The van der Waals surface area contributed by atoms with Crippen molar-refractivity contribution in [3.8, 4) is 0 Å². The number of benzene rings is 1. The number of rotatable bonds is 6. The second kappa shape index (κ2) is 6.95. The van der Waals surface area contributed by atoms with Gasteiger partial charge in [0.05, 0.1) is 4.92 Å². The minimum atomic E-state index is -0.466. The molecule has 0 aromatic heterocycles. The molecule has 1 unspecified atom stereocenters. The molecule has 1 aliphatic rings. The van der Waals surface area contributed by atoms with Gasteiger partial charge in [0.1, 0.15) is 5.82 Å². The fraction of sp³-hybridized carbons (Fsp3) is 0.600. The van der Waals surface area contributed by atoms with Crippen LogP contribution in [0.2, 0.25) is 0 Å². The van der Waals surface area contributed by atoms with Crippen LogP contribution in [-0.4, -0.2) is 35.5 Å². The van der Waals surface area contributed by atoms with E-state index in [1.807, 2.05) is 0 Å². The molecule has 0 spiro atoms. The zero-order valence-corrected chi connectivity index (χ0v) is 12.5. The van der Waals surface area contributed by atoms with Crippen LogP contribution in [-0.2, 0) is 6.54 Å². The molecule has 6 heteroatoms. The summed E-state index contributed by atoms with van der Waals surface area (Å²) in [6.07, 6.45) is 1.14. The fourth-order valence-electron chi connectivity index (χ4n) is 2.78. The summed E-state index contributed by atoms with van der Waals surface area (Å²) in [6.45, 7) is 7.65. The van der Waals surface area contributed by atoms with Gasteiger partial charge in [-0.2, -0.15) is 0 Å². The molecule has 1 heterocycles. The van der Waals surface area contributed by atoms with Gasteiger partial charge in [-0.3, -0.25) is 10.1 Å². The van der Waals surface area contributed by atoms with Gasteiger partial charge in [-0.15, -0.1) is 0 Å². The van der Waals surface area contributed by atoms with E-state index in [-0.39, 0.29) is 5.69 Å². The monoisotopic (exact) mass is 295 g/mol. The Morgan fingerprint density at radius 1 is 1.52 bits per heavy atom. The van der Waals surface area contributed by atoms with E-state index in [4.69, 9.17) is 0 Å². The maximum absolute atomic E-state index is 13.2. The van der Waals surface area contributed by atoms with Crippen LogP contribution in [0.5, 0.6) is 0 Å². The number of nitrogens with zero attached hydrogens (tertiary/aromatic N) is 2. The normalized spacial score (nSPS) is 19.3. The van der Waals surface area contributed by atoms with Crippen molar-refractivity contribution in [1.82, 2.24) is 10.2 Å². The molecule has 0 saturated carbocycles. The first-order valence-corrected chi connectivity index (χ1v) is 7.35. The third kappa shape index (κ3) is 4.22. The third-order valence-corrected chi connectivity index (χ3v) is 4.03. The first-order chi connectivity index (χ1) is 9.97. The van der Waals surface area contributed by atoms with Crippen LogP contribution in [0.1, 0.15) is 25.8 Å². The van der Waals surface area contributed by atoms with E-state index in [0.29, 0.717) is 24.1 Å². The van der Waals surface area contributed by atoms with Crippen molar-refractivity contribution in [3.05, 3.63) is 39.7 Å². The number of likely N-dealkylation sites (tertiary alicyclic amines) is 1. The quantitative estimate of drug-likeness (QED) is 0.647. The Kier molecular flexibility index (Phi) is 5.25. The molecule has 5 nitrogen and oxygen atoms in total. The van der Waals surface area contributed by atoms with E-state index in [1.165, 1.54) is 12.1 Å². The molecule has 0 bridgehead atoms. The average Bonchev–Trinajstić information content (AvgIpc) is 2.87. The van der Waals surface area contributed by atoms with Crippen molar-refractivity contribution in [2.24, 2.45) is 5.92 Å². The van der Waals surface area contributed by atoms with Crippen molar-refractivity contribution in [3.63, 3.8) is 0 Å². The van der Waals surface area contributed by atoms with E-state index < -0.39 is 10.7 Å². The molecule has 0 aliphatic carbocycles. The lowest BCUT2D eigenvalue weighted by molar-refractivity contribution is -0.385. The maximum Gasteiger partial charge on any atom is 0.274 e. The lowest BCUT2D eigenvalue weighted by Gasteiger charge is -2.20. The van der Waals surface area contributed by atoms with Crippen LogP contribution in [0.4, 0.5) is 10.1 Å². The van der Waals surface area contributed by atoms with Gasteiger partial charge in [-0.1, -0.05) is 0 Å². The van der Waals surface area contributed by atoms with Gasteiger partial charge >= 0.3 is 0 Å². The van der Waals surface area contributed by atoms with E-state index in [0.717, 1.165) is 32.1 Å². The lowest BCUT2D eigenvalue weighted by atomic mass is 10.1. The van der Waals surface area contributed by atoms with Crippen molar-refractivity contribution in [2.45, 2.75) is 32.9 Å². The summed E-state index contributed by atoms with van der Waals surface area (Å²) in [5, 5.41) is 14.1. The van der Waals surface area contributed by atoms with Gasteiger partial charge in [-0.25, -0.2) is 4.39 Å². The molecule has 1 aliphatic heterocycles. The summed E-state index contributed by atoms with van der Waals surface area (Å²) in [6, 6.07) is 4.14. The fourth-order valence-corrected chi connectivity index (χ4v) is 2.78. The number of hydrogen-bond acceptors (Lipinski definition) is 4. The van der Waals surface area contributed by atoms with Crippen LogP contribution in [0.3, 0.4) is 0 Å². The predicted molar refractivity (Wildman–Crippen MR) is 79.6 cm³/mol. The number of nitro groups is 1. The first kappa shape index (κ1) is 15.9. The minimum absolute atomic E-state index is 0.0286. The lowest BCUT2D eigenvalue weighted by Crippen LogP contribution is -2.30. The number of halogens is 1. The molecule has 116 valence electrons. The second-order valence-electron chi connectivity index (χ2n) is 5.90. The molecule has 21 heavy (non-hydrogen) atoms. The number of nitro benzene ring substituents is 1. The molecule has 1 aromatic rings. The molecular weight excluding hydrogens is 273 g/mol. The van der Waals surface area contributed by atoms with Crippen molar-refractivity contribution in [1.29, 1.82) is 0 Å². The summed E-state index contributed by atoms with van der Waals surface area (Å²) in [5.74, 6) is 0.115. The highest BCUT2D eigenvalue weighted by Gasteiger charge is 2.24. The zero-order valence-electron chi connectivity index (χ0n) is 12.5. The summed E-state index contributed by atoms with van der Waals surface area (Å²) >= 11 is 0. The highest BCUT2D eigenvalue weighted by molar-refractivity contribution is 5.40.